The zero-order valence-corrected chi connectivity index (χ0v) is 21.1. The largest absolute Gasteiger partial charge is 0.497 e. The second kappa shape index (κ2) is 11.0. The fourth-order valence-corrected chi connectivity index (χ4v) is 6.51. The maximum Gasteiger partial charge on any atom is 0.250 e. The Morgan fingerprint density at radius 1 is 0.971 bits per heavy atom. The summed E-state index contributed by atoms with van der Waals surface area (Å²) in [5.74, 6) is 1.59. The quantitative estimate of drug-likeness (QED) is 0.636. The summed E-state index contributed by atoms with van der Waals surface area (Å²) in [7, 11) is 3.19. The molecular weight excluding hydrogens is 430 g/mol. The number of nitrogens with zero attached hydrogens (tertiary/aromatic N) is 2. The molecule has 7 heteroatoms. The molecule has 34 heavy (non-hydrogen) atoms. The number of benzene rings is 1. The van der Waals surface area contributed by atoms with E-state index in [1.165, 1.54) is 38.8 Å². The fraction of sp³-hybridized carbons (Fsp3) is 0.704. The summed E-state index contributed by atoms with van der Waals surface area (Å²) >= 11 is 0. The predicted molar refractivity (Wildman–Crippen MR) is 133 cm³/mol. The zero-order valence-electron chi connectivity index (χ0n) is 21.1. The number of methoxy groups -OCH3 is 2. The van der Waals surface area contributed by atoms with Crippen LogP contribution in [0.25, 0.3) is 0 Å². The van der Waals surface area contributed by atoms with Gasteiger partial charge in [-0.3, -0.25) is 9.59 Å². The molecule has 0 radical (unpaired) electrons. The Morgan fingerprint density at radius 2 is 1.65 bits per heavy atom. The van der Waals surface area contributed by atoms with Gasteiger partial charge in [-0.25, -0.2) is 0 Å². The predicted octanol–water partition coefficient (Wildman–Crippen LogP) is 4.46. The van der Waals surface area contributed by atoms with E-state index >= 15 is 0 Å². The van der Waals surface area contributed by atoms with Gasteiger partial charge in [0.2, 0.25) is 11.8 Å². The molecule has 2 heterocycles. The van der Waals surface area contributed by atoms with Crippen LogP contribution in [-0.4, -0.2) is 67.0 Å². The molecular formula is C27H41N3O4. The molecule has 188 valence electrons. The maximum absolute atomic E-state index is 14.0. The molecule has 0 aromatic heterocycles. The van der Waals surface area contributed by atoms with E-state index in [-0.39, 0.29) is 11.8 Å². The van der Waals surface area contributed by atoms with E-state index in [2.05, 4.69) is 10.2 Å². The molecule has 1 aliphatic carbocycles. The molecule has 0 unspecified atom stereocenters. The van der Waals surface area contributed by atoms with Crippen LogP contribution in [0.15, 0.2) is 18.2 Å². The first kappa shape index (κ1) is 24.8. The van der Waals surface area contributed by atoms with Crippen molar-refractivity contribution >= 4 is 17.5 Å². The minimum absolute atomic E-state index is 0.00760. The molecule has 1 aromatic rings. The lowest BCUT2D eigenvalue weighted by Gasteiger charge is -2.50. The van der Waals surface area contributed by atoms with E-state index in [4.69, 9.17) is 9.47 Å². The Morgan fingerprint density at radius 3 is 2.29 bits per heavy atom. The van der Waals surface area contributed by atoms with E-state index in [0.29, 0.717) is 48.5 Å². The van der Waals surface area contributed by atoms with E-state index in [1.807, 2.05) is 4.90 Å². The van der Waals surface area contributed by atoms with Crippen LogP contribution >= 0.6 is 0 Å². The minimum Gasteiger partial charge on any atom is -0.497 e. The first-order chi connectivity index (χ1) is 16.5. The summed E-state index contributed by atoms with van der Waals surface area (Å²) in [5.41, 5.74) is -0.178. The molecule has 2 amide bonds. The van der Waals surface area contributed by atoms with Crippen molar-refractivity contribution in [2.75, 3.05) is 39.2 Å². The van der Waals surface area contributed by atoms with Gasteiger partial charge in [-0.2, -0.15) is 0 Å². The van der Waals surface area contributed by atoms with Gasteiger partial charge in [-0.05, 0) is 57.5 Å². The van der Waals surface area contributed by atoms with Gasteiger partial charge >= 0.3 is 0 Å². The molecule has 2 atom stereocenters. The van der Waals surface area contributed by atoms with Crippen LogP contribution in [0, 0.1) is 5.92 Å². The van der Waals surface area contributed by atoms with E-state index in [9.17, 15) is 9.59 Å². The molecule has 1 saturated carbocycles. The van der Waals surface area contributed by atoms with Crippen molar-refractivity contribution in [1.29, 1.82) is 0 Å². The average molecular weight is 472 g/mol. The molecule has 2 aliphatic heterocycles. The Bertz CT molecular complexity index is 843. The molecule has 7 nitrogen and oxygen atoms in total. The zero-order chi connectivity index (χ0) is 24.1. The monoisotopic (exact) mass is 471 g/mol. The number of ether oxygens (including phenoxy) is 2. The van der Waals surface area contributed by atoms with Crippen molar-refractivity contribution in [3.63, 3.8) is 0 Å². The summed E-state index contributed by atoms with van der Waals surface area (Å²) in [6.07, 6.45) is 10.5. The first-order valence-corrected chi connectivity index (χ1v) is 13.0. The normalized spacial score (nSPS) is 24.6. The van der Waals surface area contributed by atoms with E-state index in [0.717, 1.165) is 25.7 Å². The third-order valence-electron chi connectivity index (χ3n) is 8.26. The van der Waals surface area contributed by atoms with Gasteiger partial charge in [0, 0.05) is 43.4 Å². The van der Waals surface area contributed by atoms with Crippen LogP contribution in [0.1, 0.15) is 71.1 Å². The fourth-order valence-electron chi connectivity index (χ4n) is 6.51. The Hall–Kier alpha value is -2.28. The van der Waals surface area contributed by atoms with Gasteiger partial charge in [-0.15, -0.1) is 0 Å². The Balaban J connectivity index is 1.60. The number of anilines is 1. The lowest BCUT2D eigenvalue weighted by molar-refractivity contribution is -0.148. The van der Waals surface area contributed by atoms with Crippen LogP contribution in [0.4, 0.5) is 5.69 Å². The molecule has 1 aromatic carbocycles. The third-order valence-corrected chi connectivity index (χ3v) is 8.26. The summed E-state index contributed by atoms with van der Waals surface area (Å²) in [6.45, 7) is 4.65. The van der Waals surface area contributed by atoms with Crippen LogP contribution < -0.4 is 14.8 Å². The molecule has 3 fully saturated rings. The summed E-state index contributed by atoms with van der Waals surface area (Å²) < 4.78 is 10.8. The topological polar surface area (TPSA) is 71.1 Å². The number of amides is 2. The second-order valence-corrected chi connectivity index (χ2v) is 10.3. The minimum atomic E-state index is -0.808. The number of hydrogen-bond donors (Lipinski definition) is 1. The van der Waals surface area contributed by atoms with Crippen LogP contribution in [0.3, 0.4) is 0 Å². The molecule has 0 bridgehead atoms. The molecule has 3 aliphatic rings. The average Bonchev–Trinajstić information content (AvgIpc) is 2.87. The Labute approximate surface area is 204 Å². The van der Waals surface area contributed by atoms with Crippen molar-refractivity contribution in [3.05, 3.63) is 18.2 Å². The van der Waals surface area contributed by atoms with Gasteiger partial charge < -0.3 is 24.6 Å². The number of rotatable bonds is 7. The van der Waals surface area contributed by atoms with Gasteiger partial charge in [0.15, 0.2) is 0 Å². The van der Waals surface area contributed by atoms with Gasteiger partial charge in [0.25, 0.3) is 0 Å². The smallest absolute Gasteiger partial charge is 0.250 e. The highest BCUT2D eigenvalue weighted by Crippen LogP contribution is 2.39. The number of carbonyl (C=O) groups excluding carboxylic acids is 2. The SMILES string of the molecule is COc1cc(NC(=O)C2(N(C[C@H]3CCCN4CCCC[C@H]34)C(C)=O)CCCCC2)cc(OC)c1. The third kappa shape index (κ3) is 5.19. The van der Waals surface area contributed by atoms with Gasteiger partial charge in [0.1, 0.15) is 17.0 Å². The molecule has 1 N–H and O–H groups in total. The van der Waals surface area contributed by atoms with Crippen molar-refractivity contribution < 1.29 is 19.1 Å². The first-order valence-electron chi connectivity index (χ1n) is 13.0. The van der Waals surface area contributed by atoms with Gasteiger partial charge in [0.05, 0.1) is 14.2 Å². The van der Waals surface area contributed by atoms with Crippen molar-refractivity contribution in [1.82, 2.24) is 9.80 Å². The standard InChI is InChI=1S/C27H41N3O4/c1-20(31)30(19-21-10-9-15-29-14-8-5-11-25(21)29)27(12-6-4-7-13-27)26(32)28-22-16-23(33-2)18-24(17-22)34-3/h16-18,21,25H,4-15,19H2,1-3H3,(H,28,32)/t21-,25-/m1/s1. The number of hydrogen-bond acceptors (Lipinski definition) is 5. The van der Waals surface area contributed by atoms with E-state index < -0.39 is 5.54 Å². The van der Waals surface area contributed by atoms with Crippen LogP contribution in [0.5, 0.6) is 11.5 Å². The maximum atomic E-state index is 14.0. The van der Waals surface area contributed by atoms with Gasteiger partial charge in [-0.1, -0.05) is 25.7 Å². The lowest BCUT2D eigenvalue weighted by atomic mass is 9.77. The molecule has 4 rings (SSSR count). The van der Waals surface area contributed by atoms with E-state index in [1.54, 1.807) is 39.3 Å². The lowest BCUT2D eigenvalue weighted by Crippen LogP contribution is -2.62. The van der Waals surface area contributed by atoms with Crippen molar-refractivity contribution in [3.8, 4) is 11.5 Å². The van der Waals surface area contributed by atoms with Crippen LogP contribution in [0.2, 0.25) is 0 Å². The summed E-state index contributed by atoms with van der Waals surface area (Å²) in [6, 6.07) is 5.93. The number of nitrogens with one attached hydrogen (secondary N) is 1. The summed E-state index contributed by atoms with van der Waals surface area (Å²) in [5, 5.41) is 3.13. The second-order valence-electron chi connectivity index (χ2n) is 10.3. The highest BCUT2D eigenvalue weighted by Gasteiger charge is 2.48. The molecule has 0 spiro atoms. The van der Waals surface area contributed by atoms with Crippen molar-refractivity contribution in [2.24, 2.45) is 5.92 Å². The number of carbonyl (C=O) groups is 2. The number of piperidine rings is 2. The highest BCUT2D eigenvalue weighted by molar-refractivity contribution is 6.00. The highest BCUT2D eigenvalue weighted by atomic mass is 16.5. The molecule has 2 saturated heterocycles. The number of fused-ring (bicyclic) bond motifs is 1. The Kier molecular flexibility index (Phi) is 8.02. The van der Waals surface area contributed by atoms with Crippen LogP contribution in [-0.2, 0) is 9.59 Å². The van der Waals surface area contributed by atoms with Crippen molar-refractivity contribution in [2.45, 2.75) is 82.7 Å². The summed E-state index contributed by atoms with van der Waals surface area (Å²) in [4.78, 5) is 31.7.